The Morgan fingerprint density at radius 1 is 1.24 bits per heavy atom. The highest BCUT2D eigenvalue weighted by Gasteiger charge is 2.13. The average molecular weight is 359 g/mol. The monoisotopic (exact) mass is 358 g/mol. The minimum atomic E-state index is -0.364. The smallest absolute Gasteiger partial charge is 0.262 e. The van der Waals surface area contributed by atoms with Gasteiger partial charge in [-0.25, -0.2) is 0 Å². The van der Waals surface area contributed by atoms with Crippen LogP contribution in [0.15, 0.2) is 55.1 Å². The molecule has 0 heterocycles. The van der Waals surface area contributed by atoms with Crippen LogP contribution in [0.3, 0.4) is 0 Å². The number of ether oxygens (including phenoxy) is 1. The maximum Gasteiger partial charge on any atom is 0.262 e. The molecule has 2 aromatic rings. The summed E-state index contributed by atoms with van der Waals surface area (Å²) in [5.41, 5.74) is 1.66. The lowest BCUT2D eigenvalue weighted by atomic mass is 10.1. The normalized spacial score (nSPS) is 10.0. The summed E-state index contributed by atoms with van der Waals surface area (Å²) in [7, 11) is 0. The van der Waals surface area contributed by atoms with E-state index in [9.17, 15) is 9.59 Å². The van der Waals surface area contributed by atoms with E-state index in [-0.39, 0.29) is 18.4 Å². The van der Waals surface area contributed by atoms with E-state index in [2.05, 4.69) is 17.2 Å². The lowest BCUT2D eigenvalue weighted by Gasteiger charge is -2.12. The molecule has 0 aromatic heterocycles. The fraction of sp³-hybridized carbons (Fsp3) is 0.158. The van der Waals surface area contributed by atoms with Crippen LogP contribution >= 0.6 is 11.6 Å². The Labute approximate surface area is 151 Å². The summed E-state index contributed by atoms with van der Waals surface area (Å²) in [4.78, 5) is 24.2. The van der Waals surface area contributed by atoms with Crippen molar-refractivity contribution in [2.45, 2.75) is 6.92 Å². The van der Waals surface area contributed by atoms with E-state index in [4.69, 9.17) is 16.3 Å². The second-order valence-electron chi connectivity index (χ2n) is 5.29. The van der Waals surface area contributed by atoms with Crippen molar-refractivity contribution in [3.63, 3.8) is 0 Å². The number of hydrogen-bond donors (Lipinski definition) is 2. The van der Waals surface area contributed by atoms with E-state index in [1.54, 1.807) is 48.5 Å². The topological polar surface area (TPSA) is 67.4 Å². The zero-order chi connectivity index (χ0) is 18.2. The van der Waals surface area contributed by atoms with Crippen molar-refractivity contribution in [1.29, 1.82) is 0 Å². The van der Waals surface area contributed by atoms with Gasteiger partial charge in [0.05, 0.1) is 11.3 Å². The van der Waals surface area contributed by atoms with Crippen LogP contribution in [-0.2, 0) is 4.79 Å². The molecule has 25 heavy (non-hydrogen) atoms. The van der Waals surface area contributed by atoms with Crippen molar-refractivity contribution in [3.05, 3.63) is 71.3 Å². The number of rotatable bonds is 7. The molecule has 2 rings (SSSR count). The molecule has 0 saturated carbocycles. The largest absolute Gasteiger partial charge is 0.484 e. The molecule has 5 nitrogen and oxygen atoms in total. The van der Waals surface area contributed by atoms with Crippen LogP contribution in [0.2, 0.25) is 5.02 Å². The van der Waals surface area contributed by atoms with Crippen LogP contribution in [-0.4, -0.2) is 25.0 Å². The zero-order valence-corrected chi connectivity index (χ0v) is 14.6. The van der Waals surface area contributed by atoms with Crippen LogP contribution < -0.4 is 15.4 Å². The van der Waals surface area contributed by atoms with Gasteiger partial charge in [-0.05, 0) is 42.8 Å². The first-order chi connectivity index (χ1) is 12.0. The molecule has 0 spiro atoms. The number of benzene rings is 2. The van der Waals surface area contributed by atoms with Gasteiger partial charge in [0.2, 0.25) is 0 Å². The number of para-hydroxylation sites is 1. The van der Waals surface area contributed by atoms with Crippen molar-refractivity contribution in [1.82, 2.24) is 5.32 Å². The Balaban J connectivity index is 1.99. The highest BCUT2D eigenvalue weighted by atomic mass is 35.5. The first-order valence-corrected chi connectivity index (χ1v) is 8.06. The molecule has 2 N–H and O–H groups in total. The Morgan fingerprint density at radius 2 is 2.00 bits per heavy atom. The Bertz CT molecular complexity index is 790. The first kappa shape index (κ1) is 18.5. The molecule has 0 fully saturated rings. The molecule has 6 heteroatoms. The molecule has 2 amide bonds. The quantitative estimate of drug-likeness (QED) is 0.743. The number of nitrogens with one attached hydrogen (secondary N) is 2. The predicted molar refractivity (Wildman–Crippen MR) is 99.3 cm³/mol. The predicted octanol–water partition coefficient (Wildman–Crippen LogP) is 3.58. The maximum absolute atomic E-state index is 12.1. The number of carbonyl (C=O) groups is 2. The van der Waals surface area contributed by atoms with Gasteiger partial charge in [0.1, 0.15) is 5.75 Å². The molecule has 0 aliphatic heterocycles. The summed E-state index contributed by atoms with van der Waals surface area (Å²) in [6, 6.07) is 11.9. The molecule has 130 valence electrons. The van der Waals surface area contributed by atoms with Crippen LogP contribution in [0, 0.1) is 6.92 Å². The molecule has 0 aliphatic rings. The highest BCUT2D eigenvalue weighted by molar-refractivity contribution is 6.31. The molecule has 0 bridgehead atoms. The Morgan fingerprint density at radius 3 is 2.72 bits per heavy atom. The first-order valence-electron chi connectivity index (χ1n) is 7.68. The van der Waals surface area contributed by atoms with E-state index in [0.29, 0.717) is 28.6 Å². The maximum atomic E-state index is 12.1. The summed E-state index contributed by atoms with van der Waals surface area (Å²) in [6.07, 6.45) is 1.58. The van der Waals surface area contributed by atoms with Crippen molar-refractivity contribution in [2.75, 3.05) is 18.5 Å². The third-order valence-electron chi connectivity index (χ3n) is 3.35. The third kappa shape index (κ3) is 5.36. The molecule has 0 atom stereocenters. The van der Waals surface area contributed by atoms with Crippen molar-refractivity contribution < 1.29 is 14.3 Å². The average Bonchev–Trinajstić information content (AvgIpc) is 2.61. The Hall–Kier alpha value is -2.79. The summed E-state index contributed by atoms with van der Waals surface area (Å²) < 4.78 is 5.46. The van der Waals surface area contributed by atoms with Crippen LogP contribution in [0.5, 0.6) is 5.75 Å². The fourth-order valence-electron chi connectivity index (χ4n) is 2.09. The van der Waals surface area contributed by atoms with Gasteiger partial charge in [0, 0.05) is 11.6 Å². The molecular weight excluding hydrogens is 340 g/mol. The molecule has 0 unspecified atom stereocenters. The van der Waals surface area contributed by atoms with Crippen molar-refractivity contribution in [3.8, 4) is 5.75 Å². The van der Waals surface area contributed by atoms with Crippen LogP contribution in [0.1, 0.15) is 15.9 Å². The Kier molecular flexibility index (Phi) is 6.60. The fourth-order valence-corrected chi connectivity index (χ4v) is 2.21. The van der Waals surface area contributed by atoms with Gasteiger partial charge >= 0.3 is 0 Å². The molecule has 2 aromatic carbocycles. The minimum absolute atomic E-state index is 0.177. The molecular formula is C19H19ClN2O3. The van der Waals surface area contributed by atoms with Gasteiger partial charge in [-0.15, -0.1) is 6.58 Å². The van der Waals surface area contributed by atoms with Gasteiger partial charge in [-0.2, -0.15) is 0 Å². The van der Waals surface area contributed by atoms with Gasteiger partial charge < -0.3 is 15.4 Å². The summed E-state index contributed by atoms with van der Waals surface area (Å²) in [5, 5.41) is 6.00. The lowest BCUT2D eigenvalue weighted by Crippen LogP contribution is -2.26. The van der Waals surface area contributed by atoms with Crippen molar-refractivity contribution in [2.24, 2.45) is 0 Å². The van der Waals surface area contributed by atoms with E-state index < -0.39 is 0 Å². The molecule has 0 aliphatic carbocycles. The number of amides is 2. The second-order valence-corrected chi connectivity index (χ2v) is 5.70. The third-order valence-corrected chi connectivity index (χ3v) is 3.78. The minimum Gasteiger partial charge on any atom is -0.484 e. The van der Waals surface area contributed by atoms with E-state index in [1.807, 2.05) is 6.92 Å². The summed E-state index contributed by atoms with van der Waals surface area (Å²) in [5.74, 6) is -0.101. The zero-order valence-electron chi connectivity index (χ0n) is 13.8. The number of hydrogen-bond acceptors (Lipinski definition) is 3. The van der Waals surface area contributed by atoms with Gasteiger partial charge in [-0.3, -0.25) is 9.59 Å². The van der Waals surface area contributed by atoms with Crippen molar-refractivity contribution >= 4 is 29.1 Å². The van der Waals surface area contributed by atoms with Gasteiger partial charge in [0.25, 0.3) is 11.8 Å². The van der Waals surface area contributed by atoms with Crippen LogP contribution in [0.4, 0.5) is 5.69 Å². The highest BCUT2D eigenvalue weighted by Crippen LogP contribution is 2.21. The number of halogens is 1. The van der Waals surface area contributed by atoms with E-state index >= 15 is 0 Å². The number of carbonyl (C=O) groups excluding carboxylic acids is 2. The summed E-state index contributed by atoms with van der Waals surface area (Å²) in [6.45, 7) is 5.58. The lowest BCUT2D eigenvalue weighted by molar-refractivity contribution is -0.118. The van der Waals surface area contributed by atoms with E-state index in [0.717, 1.165) is 5.56 Å². The number of anilines is 1. The van der Waals surface area contributed by atoms with Gasteiger partial charge in [-0.1, -0.05) is 29.8 Å². The molecule has 0 saturated heterocycles. The standard InChI is InChI=1S/C19H19ClN2O3/c1-3-10-21-19(24)15-6-4-5-7-17(15)22-18(23)12-25-14-8-9-16(20)13(2)11-14/h3-9,11H,1,10,12H2,2H3,(H,21,24)(H,22,23). The SMILES string of the molecule is C=CCNC(=O)c1ccccc1NC(=O)COc1ccc(Cl)c(C)c1. The molecule has 0 radical (unpaired) electrons. The summed E-state index contributed by atoms with van der Waals surface area (Å²) >= 11 is 5.96. The van der Waals surface area contributed by atoms with Crippen LogP contribution in [0.25, 0.3) is 0 Å². The van der Waals surface area contributed by atoms with E-state index in [1.165, 1.54) is 0 Å². The number of aryl methyl sites for hydroxylation is 1. The van der Waals surface area contributed by atoms with Gasteiger partial charge in [0.15, 0.2) is 6.61 Å². The second kappa shape index (κ2) is 8.89.